The number of unbranched alkanes of at least 4 members (excludes halogenated alkanes) is 13. The lowest BCUT2D eigenvalue weighted by Gasteiger charge is -2.04. The summed E-state index contributed by atoms with van der Waals surface area (Å²) in [5.41, 5.74) is 0.667. The Kier molecular flexibility index (Phi) is 22.2. The van der Waals surface area contributed by atoms with Gasteiger partial charge in [-0.2, -0.15) is 0 Å². The van der Waals surface area contributed by atoms with Crippen LogP contribution in [0.3, 0.4) is 0 Å². The molecule has 0 spiro atoms. The minimum atomic E-state index is -0.935. The second-order valence-corrected chi connectivity index (χ2v) is 7.60. The summed E-state index contributed by atoms with van der Waals surface area (Å²) >= 11 is 0. The van der Waals surface area contributed by atoms with E-state index < -0.39 is 5.97 Å². The summed E-state index contributed by atoms with van der Waals surface area (Å²) in [5, 5.41) is 7.89. The Bertz CT molecular complexity index is 414. The molecule has 0 aliphatic heterocycles. The third kappa shape index (κ3) is 24.4. The molecule has 0 bridgehead atoms. The van der Waals surface area contributed by atoms with Crippen LogP contribution in [0.5, 0.6) is 0 Å². The summed E-state index contributed by atoms with van der Waals surface area (Å²) in [7, 11) is 0. The predicted molar refractivity (Wildman–Crippen MR) is 119 cm³/mol. The Labute approximate surface area is 173 Å². The highest BCUT2D eigenvalue weighted by Gasteiger charge is 2.01. The predicted octanol–water partition coefficient (Wildman–Crippen LogP) is 7.23. The van der Waals surface area contributed by atoms with Crippen LogP contribution in [0.4, 0.5) is 0 Å². The van der Waals surface area contributed by atoms with E-state index in [2.05, 4.69) is 20.1 Å². The van der Waals surface area contributed by atoms with Crippen LogP contribution in [0.15, 0.2) is 24.3 Å². The molecule has 0 heterocycles. The highest BCUT2D eigenvalue weighted by atomic mass is 16.5. The van der Waals surface area contributed by atoms with Crippen molar-refractivity contribution in [2.75, 3.05) is 6.61 Å². The number of rotatable bonds is 17. The molecule has 0 aromatic carbocycles. The molecule has 0 aromatic heterocycles. The van der Waals surface area contributed by atoms with Crippen molar-refractivity contribution in [2.24, 2.45) is 0 Å². The monoisotopic (exact) mass is 396 g/mol. The summed E-state index contributed by atoms with van der Waals surface area (Å²) in [4.78, 5) is 20.8. The van der Waals surface area contributed by atoms with E-state index in [0.29, 0.717) is 12.2 Å². The number of ether oxygens (including phenoxy) is 1. The summed E-state index contributed by atoms with van der Waals surface area (Å²) in [6.07, 6.45) is 18.8. The summed E-state index contributed by atoms with van der Waals surface area (Å²) in [6.45, 7) is 12.7. The first-order chi connectivity index (χ1) is 13.3. The van der Waals surface area contributed by atoms with E-state index in [-0.39, 0.29) is 11.5 Å². The van der Waals surface area contributed by atoms with Crippen molar-refractivity contribution in [1.29, 1.82) is 0 Å². The fourth-order valence-electron chi connectivity index (χ4n) is 2.58. The quantitative estimate of drug-likeness (QED) is 0.160. The van der Waals surface area contributed by atoms with E-state index in [4.69, 9.17) is 9.84 Å². The highest BCUT2D eigenvalue weighted by molar-refractivity contribution is 5.86. The zero-order valence-electron chi connectivity index (χ0n) is 18.7. The molecule has 0 aliphatic carbocycles. The van der Waals surface area contributed by atoms with E-state index in [1.807, 2.05) is 0 Å². The molecule has 164 valence electrons. The van der Waals surface area contributed by atoms with Gasteiger partial charge in [-0.15, -0.1) is 0 Å². The third-order valence-corrected chi connectivity index (χ3v) is 4.44. The molecule has 0 saturated heterocycles. The van der Waals surface area contributed by atoms with Crippen LogP contribution in [-0.4, -0.2) is 23.7 Å². The molecular weight excluding hydrogens is 352 g/mol. The molecule has 4 heteroatoms. The number of esters is 1. The number of carbonyl (C=O) groups excluding carboxylic acids is 1. The lowest BCUT2D eigenvalue weighted by atomic mass is 10.0. The second kappa shape index (κ2) is 21.7. The fourth-order valence-corrected chi connectivity index (χ4v) is 2.58. The molecule has 0 radical (unpaired) electrons. The van der Waals surface area contributed by atoms with Crippen LogP contribution in [0.25, 0.3) is 0 Å². The van der Waals surface area contributed by atoms with Crippen LogP contribution in [0, 0.1) is 0 Å². The van der Waals surface area contributed by atoms with Gasteiger partial charge in [-0.25, -0.2) is 9.59 Å². The van der Waals surface area contributed by atoms with Crippen LogP contribution < -0.4 is 0 Å². The van der Waals surface area contributed by atoms with Crippen molar-refractivity contribution in [3.05, 3.63) is 24.3 Å². The Morgan fingerprint density at radius 1 is 0.679 bits per heavy atom. The average molecular weight is 397 g/mol. The number of carboxylic acids is 1. The Morgan fingerprint density at radius 2 is 1.00 bits per heavy atom. The van der Waals surface area contributed by atoms with E-state index in [1.54, 1.807) is 6.92 Å². The van der Waals surface area contributed by atoms with Crippen molar-refractivity contribution in [1.82, 2.24) is 0 Å². The molecule has 0 aromatic rings. The average Bonchev–Trinajstić information content (AvgIpc) is 2.65. The van der Waals surface area contributed by atoms with Crippen molar-refractivity contribution >= 4 is 11.9 Å². The van der Waals surface area contributed by atoms with Gasteiger partial charge in [0.05, 0.1) is 6.61 Å². The van der Waals surface area contributed by atoms with Gasteiger partial charge < -0.3 is 9.84 Å². The largest absolute Gasteiger partial charge is 0.478 e. The van der Waals surface area contributed by atoms with Crippen molar-refractivity contribution in [3.8, 4) is 0 Å². The lowest BCUT2D eigenvalue weighted by Crippen LogP contribution is -2.05. The molecule has 0 atom stereocenters. The number of hydrogen-bond acceptors (Lipinski definition) is 3. The molecule has 0 saturated carbocycles. The summed E-state index contributed by atoms with van der Waals surface area (Å²) in [6, 6.07) is 0. The SMILES string of the molecule is C=C(C)C(=O)O.C=C(C)C(=O)OCCCCCCCCCCCCCCCC. The molecule has 0 aliphatic rings. The fraction of sp³-hybridized carbons (Fsp3) is 0.750. The van der Waals surface area contributed by atoms with Gasteiger partial charge in [-0.3, -0.25) is 0 Å². The summed E-state index contributed by atoms with van der Waals surface area (Å²) < 4.78 is 5.07. The molecule has 0 fully saturated rings. The van der Waals surface area contributed by atoms with Gasteiger partial charge in [-0.05, 0) is 20.3 Å². The van der Waals surface area contributed by atoms with E-state index in [1.165, 1.54) is 90.4 Å². The zero-order valence-corrected chi connectivity index (χ0v) is 18.7. The molecular formula is C24H44O4. The Balaban J connectivity index is 0. The standard InChI is InChI=1S/C20H38O2.C4H6O2/c1-4-5-6-7-8-9-10-11-12-13-14-15-16-17-18-22-20(21)19(2)3;1-3(2)4(5)6/h2,4-18H2,1,3H3;1H2,2H3,(H,5,6). The summed E-state index contributed by atoms with van der Waals surface area (Å²) in [5.74, 6) is -1.19. The topological polar surface area (TPSA) is 63.6 Å². The van der Waals surface area contributed by atoms with Crippen molar-refractivity contribution in [3.63, 3.8) is 0 Å². The molecule has 28 heavy (non-hydrogen) atoms. The Hall–Kier alpha value is -1.58. The van der Waals surface area contributed by atoms with Crippen LogP contribution >= 0.6 is 0 Å². The Morgan fingerprint density at radius 3 is 1.29 bits per heavy atom. The van der Waals surface area contributed by atoms with Gasteiger partial charge in [0.25, 0.3) is 0 Å². The van der Waals surface area contributed by atoms with Gasteiger partial charge in [0.15, 0.2) is 0 Å². The normalized spacial score (nSPS) is 9.96. The van der Waals surface area contributed by atoms with Gasteiger partial charge >= 0.3 is 11.9 Å². The maximum absolute atomic E-state index is 11.2. The first kappa shape index (κ1) is 28.6. The lowest BCUT2D eigenvalue weighted by molar-refractivity contribution is -0.139. The smallest absolute Gasteiger partial charge is 0.333 e. The maximum Gasteiger partial charge on any atom is 0.333 e. The third-order valence-electron chi connectivity index (χ3n) is 4.44. The molecule has 0 unspecified atom stereocenters. The molecule has 4 nitrogen and oxygen atoms in total. The molecule has 0 amide bonds. The van der Waals surface area contributed by atoms with E-state index in [0.717, 1.165) is 6.42 Å². The van der Waals surface area contributed by atoms with Gasteiger partial charge in [0, 0.05) is 11.1 Å². The van der Waals surface area contributed by atoms with Crippen LogP contribution in [0.1, 0.15) is 111 Å². The number of hydrogen-bond donors (Lipinski definition) is 1. The van der Waals surface area contributed by atoms with Gasteiger partial charge in [-0.1, -0.05) is 104 Å². The van der Waals surface area contributed by atoms with Crippen molar-refractivity contribution < 1.29 is 19.4 Å². The first-order valence-corrected chi connectivity index (χ1v) is 11.0. The minimum absolute atomic E-state index is 0.176. The van der Waals surface area contributed by atoms with E-state index in [9.17, 15) is 9.59 Å². The first-order valence-electron chi connectivity index (χ1n) is 11.0. The molecule has 0 rings (SSSR count). The van der Waals surface area contributed by atoms with Gasteiger partial charge in [0.2, 0.25) is 0 Å². The van der Waals surface area contributed by atoms with E-state index >= 15 is 0 Å². The van der Waals surface area contributed by atoms with Crippen LogP contribution in [0.2, 0.25) is 0 Å². The highest BCUT2D eigenvalue weighted by Crippen LogP contribution is 2.13. The number of carbonyl (C=O) groups is 2. The second-order valence-electron chi connectivity index (χ2n) is 7.60. The maximum atomic E-state index is 11.2. The molecule has 1 N–H and O–H groups in total. The zero-order chi connectivity index (χ0) is 21.6. The van der Waals surface area contributed by atoms with Crippen LogP contribution in [-0.2, 0) is 14.3 Å². The number of aliphatic carboxylic acids is 1. The van der Waals surface area contributed by atoms with Gasteiger partial charge in [0.1, 0.15) is 0 Å². The van der Waals surface area contributed by atoms with Crippen molar-refractivity contribution in [2.45, 2.75) is 111 Å². The number of carboxylic acid groups (broad SMARTS) is 1. The minimum Gasteiger partial charge on any atom is -0.478 e.